The van der Waals surface area contributed by atoms with Crippen molar-refractivity contribution in [3.8, 4) is 11.5 Å². The Bertz CT molecular complexity index is 1500. The number of hydrogen-bond acceptors (Lipinski definition) is 5. The molecule has 2 N–H and O–H groups in total. The summed E-state index contributed by atoms with van der Waals surface area (Å²) in [5.74, 6) is 1.91. The first-order valence-corrected chi connectivity index (χ1v) is 12.3. The third kappa shape index (κ3) is 5.50. The van der Waals surface area contributed by atoms with Crippen LogP contribution >= 0.6 is 0 Å². The number of aryl methyl sites for hydroxylation is 3. The highest BCUT2D eigenvalue weighted by atomic mass is 19.1. The fourth-order valence-corrected chi connectivity index (χ4v) is 4.27. The summed E-state index contributed by atoms with van der Waals surface area (Å²) in [5, 5.41) is 16.1. The van der Waals surface area contributed by atoms with E-state index in [-0.39, 0.29) is 11.8 Å². The lowest BCUT2D eigenvalue weighted by atomic mass is 10.1. The zero-order chi connectivity index (χ0) is 26.1. The van der Waals surface area contributed by atoms with Gasteiger partial charge in [0.15, 0.2) is 5.84 Å². The van der Waals surface area contributed by atoms with Gasteiger partial charge in [-0.25, -0.2) is 14.4 Å². The number of fused-ring (bicyclic) bond motifs is 1. The second-order valence-corrected chi connectivity index (χ2v) is 9.63. The van der Waals surface area contributed by atoms with E-state index in [1.165, 1.54) is 0 Å². The van der Waals surface area contributed by atoms with Gasteiger partial charge in [-0.2, -0.15) is 5.10 Å². The number of aliphatic imine (C=N–C) groups is 1. The van der Waals surface area contributed by atoms with Crippen LogP contribution in [0.4, 0.5) is 10.1 Å². The van der Waals surface area contributed by atoms with E-state index in [2.05, 4.69) is 20.4 Å². The van der Waals surface area contributed by atoms with E-state index in [0.29, 0.717) is 35.9 Å². The van der Waals surface area contributed by atoms with Gasteiger partial charge in [0, 0.05) is 40.9 Å². The van der Waals surface area contributed by atoms with Gasteiger partial charge < -0.3 is 9.73 Å². The molecule has 9 heteroatoms. The van der Waals surface area contributed by atoms with E-state index in [1.54, 1.807) is 12.3 Å². The molecule has 0 saturated heterocycles. The lowest BCUT2D eigenvalue weighted by Crippen LogP contribution is -2.10. The number of nitrogens with one attached hydrogen (secondary N) is 2. The molecule has 1 unspecified atom stereocenters. The average molecular weight is 501 g/mol. The maximum Gasteiger partial charge on any atom is 0.226 e. The van der Waals surface area contributed by atoms with Crippen molar-refractivity contribution in [2.45, 2.75) is 39.3 Å². The number of rotatable bonds is 6. The molecule has 190 valence electrons. The topological polar surface area (TPSA) is 109 Å². The summed E-state index contributed by atoms with van der Waals surface area (Å²) >= 11 is 0. The number of carbonyl (C=O) groups is 1. The number of hydrogen-bond donors (Lipinski definition) is 2. The Morgan fingerprint density at radius 2 is 2.00 bits per heavy atom. The minimum Gasteiger partial charge on any atom is -0.441 e. The number of nitrogens with zero attached hydrogens (tertiary/aromatic N) is 4. The first kappa shape index (κ1) is 24.5. The Labute approximate surface area is 214 Å². The van der Waals surface area contributed by atoms with Crippen LogP contribution in [0.15, 0.2) is 58.2 Å². The normalized spacial score (nSPS) is 18.8. The summed E-state index contributed by atoms with van der Waals surface area (Å²) in [7, 11) is 1.92. The van der Waals surface area contributed by atoms with Gasteiger partial charge in [-0.1, -0.05) is 18.2 Å². The van der Waals surface area contributed by atoms with Gasteiger partial charge >= 0.3 is 0 Å². The molecular weight excluding hydrogens is 471 g/mol. The van der Waals surface area contributed by atoms with Gasteiger partial charge in [-0.15, -0.1) is 0 Å². The van der Waals surface area contributed by atoms with E-state index >= 15 is 0 Å². The molecule has 4 aromatic rings. The molecule has 1 amide bonds. The standard InChI is InChI=1S/C16H18FN3O.C12H11N3O/c1-9-2-3-11(6-14(9)19-8-21)16(18)20-15(10-4-5-10)12-7-13(12)17;1-8-6-13-12(16-8)9-3-4-10-7-14-15(2)11(10)5-9/h2-3,6,8,10,12-13,18H,4-5,7H2,1H3,(H,19,21);3-7H,1-2H3/t12?,13-;/m0./s1. The van der Waals surface area contributed by atoms with Crippen LogP contribution in [0.25, 0.3) is 22.4 Å². The van der Waals surface area contributed by atoms with Gasteiger partial charge in [0.1, 0.15) is 11.9 Å². The van der Waals surface area contributed by atoms with Crippen molar-refractivity contribution in [2.75, 3.05) is 5.32 Å². The summed E-state index contributed by atoms with van der Waals surface area (Å²) in [6.07, 6.45) is 6.08. The second kappa shape index (κ2) is 10.1. The quantitative estimate of drug-likeness (QED) is 0.203. The summed E-state index contributed by atoms with van der Waals surface area (Å²) in [4.78, 5) is 19.2. The van der Waals surface area contributed by atoms with Gasteiger partial charge in [0.05, 0.1) is 17.9 Å². The number of halogens is 1. The summed E-state index contributed by atoms with van der Waals surface area (Å²) < 4.78 is 20.6. The van der Waals surface area contributed by atoms with Crippen LogP contribution in [-0.2, 0) is 11.8 Å². The fourth-order valence-electron chi connectivity index (χ4n) is 4.27. The average Bonchev–Trinajstić information content (AvgIpc) is 3.79. The molecule has 2 aromatic heterocycles. The van der Waals surface area contributed by atoms with E-state index in [1.807, 2.05) is 62.1 Å². The predicted molar refractivity (Wildman–Crippen MR) is 142 cm³/mol. The molecule has 8 nitrogen and oxygen atoms in total. The zero-order valence-corrected chi connectivity index (χ0v) is 21.0. The van der Waals surface area contributed by atoms with Crippen LogP contribution in [0.1, 0.15) is 36.1 Å². The lowest BCUT2D eigenvalue weighted by molar-refractivity contribution is -0.105. The number of benzene rings is 2. The molecule has 2 aliphatic carbocycles. The molecule has 0 radical (unpaired) electrons. The molecule has 37 heavy (non-hydrogen) atoms. The van der Waals surface area contributed by atoms with Crippen LogP contribution in [-0.4, -0.2) is 38.9 Å². The first-order valence-electron chi connectivity index (χ1n) is 12.3. The van der Waals surface area contributed by atoms with Crippen LogP contribution in [0.5, 0.6) is 0 Å². The Kier molecular flexibility index (Phi) is 6.69. The summed E-state index contributed by atoms with van der Waals surface area (Å²) in [6.45, 7) is 3.77. The minimum absolute atomic E-state index is 0.0733. The highest BCUT2D eigenvalue weighted by Gasteiger charge is 2.46. The molecule has 0 spiro atoms. The van der Waals surface area contributed by atoms with Gasteiger partial charge in [-0.05, 0) is 62.8 Å². The van der Waals surface area contributed by atoms with Gasteiger partial charge in [0.25, 0.3) is 0 Å². The number of alkyl halides is 1. The Morgan fingerprint density at radius 1 is 1.22 bits per heavy atom. The van der Waals surface area contributed by atoms with Crippen molar-refractivity contribution in [3.63, 3.8) is 0 Å². The van der Waals surface area contributed by atoms with Crippen molar-refractivity contribution >= 4 is 34.5 Å². The van der Waals surface area contributed by atoms with Crippen LogP contribution in [0.2, 0.25) is 0 Å². The minimum atomic E-state index is -0.776. The van der Waals surface area contributed by atoms with Crippen molar-refractivity contribution < 1.29 is 13.6 Å². The Morgan fingerprint density at radius 3 is 2.65 bits per heavy atom. The molecule has 2 heterocycles. The van der Waals surface area contributed by atoms with Crippen molar-refractivity contribution in [3.05, 3.63) is 65.7 Å². The van der Waals surface area contributed by atoms with E-state index < -0.39 is 6.17 Å². The van der Waals surface area contributed by atoms with Gasteiger partial charge in [0.2, 0.25) is 12.3 Å². The number of oxazole rings is 1. The maximum absolute atomic E-state index is 13.3. The monoisotopic (exact) mass is 500 g/mol. The third-order valence-corrected chi connectivity index (χ3v) is 6.67. The molecule has 2 aromatic carbocycles. The summed E-state index contributed by atoms with van der Waals surface area (Å²) in [5.41, 5.74) is 5.15. The predicted octanol–water partition coefficient (Wildman–Crippen LogP) is 5.63. The largest absolute Gasteiger partial charge is 0.441 e. The van der Waals surface area contributed by atoms with E-state index in [9.17, 15) is 9.18 Å². The Balaban J connectivity index is 0.000000157. The molecule has 2 aliphatic rings. The van der Waals surface area contributed by atoms with Crippen LogP contribution in [0.3, 0.4) is 0 Å². The van der Waals surface area contributed by atoms with Gasteiger partial charge in [-0.3, -0.25) is 14.9 Å². The third-order valence-electron chi connectivity index (χ3n) is 6.67. The number of amides is 1. The Hall–Kier alpha value is -4.14. The highest BCUT2D eigenvalue weighted by molar-refractivity contribution is 6.08. The zero-order valence-electron chi connectivity index (χ0n) is 21.0. The SMILES string of the molecule is Cc1ccc(C(=N)N=C(C2CC2)C2C[C@@H]2F)cc1NC=O.Cc1cnc(-c2ccc3cnn(C)c3c2)o1. The molecular formula is C28H29FN6O2. The molecule has 6 rings (SSSR count). The number of carbonyl (C=O) groups excluding carboxylic acids is 1. The molecule has 2 saturated carbocycles. The molecule has 2 fully saturated rings. The summed E-state index contributed by atoms with van der Waals surface area (Å²) in [6, 6.07) is 11.4. The molecule has 2 atom stereocenters. The van der Waals surface area contributed by atoms with Crippen molar-refractivity contribution in [1.29, 1.82) is 5.41 Å². The first-order chi connectivity index (χ1) is 17.8. The highest BCUT2D eigenvalue weighted by Crippen LogP contribution is 2.44. The van der Waals surface area contributed by atoms with E-state index in [0.717, 1.165) is 46.3 Å². The number of anilines is 1. The fraction of sp³-hybridized carbons (Fsp3) is 0.321. The van der Waals surface area contributed by atoms with Crippen molar-refractivity contribution in [2.24, 2.45) is 23.9 Å². The molecule has 0 bridgehead atoms. The lowest BCUT2D eigenvalue weighted by Gasteiger charge is -2.08. The van der Waals surface area contributed by atoms with E-state index in [4.69, 9.17) is 9.83 Å². The van der Waals surface area contributed by atoms with Crippen molar-refractivity contribution in [1.82, 2.24) is 14.8 Å². The van der Waals surface area contributed by atoms with Crippen LogP contribution < -0.4 is 5.32 Å². The van der Waals surface area contributed by atoms with Crippen LogP contribution in [0, 0.1) is 31.1 Å². The molecule has 0 aliphatic heterocycles. The maximum atomic E-state index is 13.3. The smallest absolute Gasteiger partial charge is 0.226 e. The second-order valence-electron chi connectivity index (χ2n) is 9.63. The number of amidine groups is 1. The number of aromatic nitrogens is 3.